The van der Waals surface area contributed by atoms with Crippen LogP contribution >= 0.6 is 22.7 Å². The van der Waals surface area contributed by atoms with Crippen molar-refractivity contribution in [2.24, 2.45) is 0 Å². The Hall–Kier alpha value is -0.340. The van der Waals surface area contributed by atoms with E-state index in [1.807, 2.05) is 22.7 Å². The molecule has 2 heterocycles. The number of fused-ring (bicyclic) bond motifs is 1. The summed E-state index contributed by atoms with van der Waals surface area (Å²) in [4.78, 5) is 3.03. The van der Waals surface area contributed by atoms with Crippen molar-refractivity contribution in [1.82, 2.24) is 0 Å². The molecular formula is C11H14S2. The van der Waals surface area contributed by atoms with Crippen molar-refractivity contribution in [1.29, 1.82) is 0 Å². The second-order valence-corrected chi connectivity index (χ2v) is 5.88. The van der Waals surface area contributed by atoms with Crippen LogP contribution in [0.3, 0.4) is 0 Å². The minimum Gasteiger partial charge on any atom is -0.139 e. The zero-order valence-electron chi connectivity index (χ0n) is 8.26. The summed E-state index contributed by atoms with van der Waals surface area (Å²) in [5.74, 6) is 0.676. The van der Waals surface area contributed by atoms with Crippen molar-refractivity contribution in [2.75, 3.05) is 0 Å². The molecule has 0 aliphatic rings. The first kappa shape index (κ1) is 9.22. The molecule has 0 atom stereocenters. The molecule has 0 unspecified atom stereocenters. The third kappa shape index (κ3) is 1.65. The van der Waals surface area contributed by atoms with Gasteiger partial charge >= 0.3 is 0 Å². The summed E-state index contributed by atoms with van der Waals surface area (Å²) in [6, 6.07) is 4.70. The molecule has 13 heavy (non-hydrogen) atoms. The molecule has 2 aromatic heterocycles. The molecule has 0 fully saturated rings. The highest BCUT2D eigenvalue weighted by Crippen LogP contribution is 2.36. The first-order chi connectivity index (χ1) is 6.20. The molecule has 0 amide bonds. The first-order valence-electron chi connectivity index (χ1n) is 4.73. The Morgan fingerprint density at radius 1 is 1.15 bits per heavy atom. The van der Waals surface area contributed by atoms with Gasteiger partial charge in [0.15, 0.2) is 0 Å². The van der Waals surface area contributed by atoms with Gasteiger partial charge < -0.3 is 0 Å². The number of thiophene rings is 2. The van der Waals surface area contributed by atoms with Gasteiger partial charge in [-0.2, -0.15) is 0 Å². The Labute approximate surface area is 87.2 Å². The molecule has 2 aromatic rings. The fourth-order valence-corrected chi connectivity index (χ4v) is 3.74. The van der Waals surface area contributed by atoms with Gasteiger partial charge in [-0.25, -0.2) is 0 Å². The van der Waals surface area contributed by atoms with E-state index >= 15 is 0 Å². The first-order valence-corrected chi connectivity index (χ1v) is 6.36. The van der Waals surface area contributed by atoms with Crippen molar-refractivity contribution in [2.45, 2.75) is 33.1 Å². The highest BCUT2D eigenvalue weighted by Gasteiger charge is 2.07. The average molecular weight is 210 g/mol. The van der Waals surface area contributed by atoms with Crippen LogP contribution in [-0.2, 0) is 6.42 Å². The van der Waals surface area contributed by atoms with Gasteiger partial charge in [0.25, 0.3) is 0 Å². The van der Waals surface area contributed by atoms with Gasteiger partial charge in [-0.05, 0) is 24.5 Å². The topological polar surface area (TPSA) is 0 Å². The average Bonchev–Trinajstić information content (AvgIpc) is 2.58. The Kier molecular flexibility index (Phi) is 2.43. The highest BCUT2D eigenvalue weighted by atomic mass is 32.1. The maximum atomic E-state index is 2.36. The monoisotopic (exact) mass is 210 g/mol. The largest absolute Gasteiger partial charge is 0.139 e. The zero-order chi connectivity index (χ0) is 9.42. The van der Waals surface area contributed by atoms with E-state index in [0.717, 1.165) is 0 Å². The van der Waals surface area contributed by atoms with Gasteiger partial charge in [0.2, 0.25) is 0 Å². The third-order valence-electron chi connectivity index (χ3n) is 2.19. The second-order valence-electron chi connectivity index (χ2n) is 3.60. The highest BCUT2D eigenvalue weighted by molar-refractivity contribution is 7.27. The van der Waals surface area contributed by atoms with Crippen LogP contribution in [-0.4, -0.2) is 0 Å². The maximum absolute atomic E-state index is 2.36. The van der Waals surface area contributed by atoms with Crippen LogP contribution in [0.25, 0.3) is 9.40 Å². The Balaban J connectivity index is 2.48. The Morgan fingerprint density at radius 3 is 2.38 bits per heavy atom. The molecule has 0 aliphatic carbocycles. The van der Waals surface area contributed by atoms with Gasteiger partial charge in [0, 0.05) is 19.2 Å². The number of hydrogen-bond acceptors (Lipinski definition) is 2. The quantitative estimate of drug-likeness (QED) is 0.677. The molecule has 0 bridgehead atoms. The molecule has 0 spiro atoms. The minimum atomic E-state index is 0.676. The van der Waals surface area contributed by atoms with Crippen LogP contribution in [0.2, 0.25) is 0 Å². The van der Waals surface area contributed by atoms with Gasteiger partial charge in [-0.15, -0.1) is 22.7 Å². The van der Waals surface area contributed by atoms with Crippen LogP contribution in [0, 0.1) is 0 Å². The SMILES string of the molecule is CCc1cc2sc(C(C)C)cc2s1. The lowest BCUT2D eigenvalue weighted by atomic mass is 10.2. The van der Waals surface area contributed by atoms with E-state index in [9.17, 15) is 0 Å². The van der Waals surface area contributed by atoms with Gasteiger partial charge in [-0.3, -0.25) is 0 Å². The molecule has 0 saturated carbocycles. The van der Waals surface area contributed by atoms with E-state index in [2.05, 4.69) is 32.9 Å². The molecule has 0 aromatic carbocycles. The number of aryl methyl sites for hydroxylation is 1. The molecule has 0 saturated heterocycles. The Morgan fingerprint density at radius 2 is 1.85 bits per heavy atom. The van der Waals surface area contributed by atoms with E-state index in [1.54, 1.807) is 0 Å². The van der Waals surface area contributed by atoms with Crippen LogP contribution in [0.4, 0.5) is 0 Å². The van der Waals surface area contributed by atoms with Crippen molar-refractivity contribution < 1.29 is 0 Å². The lowest BCUT2D eigenvalue weighted by Gasteiger charge is -1.96. The van der Waals surface area contributed by atoms with Crippen molar-refractivity contribution in [3.05, 3.63) is 21.9 Å². The molecule has 70 valence electrons. The van der Waals surface area contributed by atoms with E-state index in [1.165, 1.54) is 25.6 Å². The lowest BCUT2D eigenvalue weighted by molar-refractivity contribution is 0.891. The van der Waals surface area contributed by atoms with Crippen LogP contribution in [0.5, 0.6) is 0 Å². The van der Waals surface area contributed by atoms with Gasteiger partial charge in [-0.1, -0.05) is 20.8 Å². The summed E-state index contributed by atoms with van der Waals surface area (Å²) in [7, 11) is 0. The van der Waals surface area contributed by atoms with E-state index < -0.39 is 0 Å². The van der Waals surface area contributed by atoms with Crippen molar-refractivity contribution >= 4 is 32.1 Å². The molecule has 0 aliphatic heterocycles. The maximum Gasteiger partial charge on any atom is 0.0456 e. The summed E-state index contributed by atoms with van der Waals surface area (Å²) in [6.07, 6.45) is 1.17. The van der Waals surface area contributed by atoms with E-state index in [4.69, 9.17) is 0 Å². The van der Waals surface area contributed by atoms with Gasteiger partial charge in [0.05, 0.1) is 0 Å². The smallest absolute Gasteiger partial charge is 0.0456 e. The Bertz CT molecular complexity index is 375. The van der Waals surface area contributed by atoms with E-state index in [0.29, 0.717) is 5.92 Å². The summed E-state index contributed by atoms with van der Waals surface area (Å²) >= 11 is 3.90. The fourth-order valence-electron chi connectivity index (χ4n) is 1.36. The normalized spacial score (nSPS) is 11.7. The second kappa shape index (κ2) is 3.43. The third-order valence-corrected chi connectivity index (χ3v) is 4.93. The van der Waals surface area contributed by atoms with Crippen molar-refractivity contribution in [3.8, 4) is 0 Å². The summed E-state index contributed by atoms with van der Waals surface area (Å²) in [5, 5.41) is 0. The summed E-state index contributed by atoms with van der Waals surface area (Å²) in [5.41, 5.74) is 0. The van der Waals surface area contributed by atoms with Gasteiger partial charge in [0.1, 0.15) is 0 Å². The predicted molar refractivity (Wildman–Crippen MR) is 63.2 cm³/mol. The minimum absolute atomic E-state index is 0.676. The molecule has 0 nitrogen and oxygen atoms in total. The van der Waals surface area contributed by atoms with Crippen LogP contribution in [0.1, 0.15) is 36.4 Å². The summed E-state index contributed by atoms with van der Waals surface area (Å²) in [6.45, 7) is 6.74. The van der Waals surface area contributed by atoms with Crippen LogP contribution < -0.4 is 0 Å². The van der Waals surface area contributed by atoms with E-state index in [-0.39, 0.29) is 0 Å². The fraction of sp³-hybridized carbons (Fsp3) is 0.455. The van der Waals surface area contributed by atoms with Crippen molar-refractivity contribution in [3.63, 3.8) is 0 Å². The number of rotatable bonds is 2. The standard InChI is InChI=1S/C11H14S2/c1-4-8-5-10-11(12-8)6-9(13-10)7(2)3/h5-7H,4H2,1-3H3. The lowest BCUT2D eigenvalue weighted by Crippen LogP contribution is -1.77. The molecular weight excluding hydrogens is 196 g/mol. The molecule has 0 N–H and O–H groups in total. The molecule has 0 radical (unpaired) electrons. The predicted octanol–water partition coefficient (Wildman–Crippen LogP) is 4.65. The van der Waals surface area contributed by atoms with Crippen LogP contribution in [0.15, 0.2) is 12.1 Å². The zero-order valence-corrected chi connectivity index (χ0v) is 9.89. The summed E-state index contributed by atoms with van der Waals surface area (Å²) < 4.78 is 2.95. The molecule has 2 rings (SSSR count). The molecule has 2 heteroatoms. The number of hydrogen-bond donors (Lipinski definition) is 0.